The number of rotatable bonds is 11. The van der Waals surface area contributed by atoms with Gasteiger partial charge in [0.25, 0.3) is 0 Å². The van der Waals surface area contributed by atoms with Gasteiger partial charge in [0.1, 0.15) is 24.1 Å². The fourth-order valence-electron chi connectivity index (χ4n) is 4.58. The van der Waals surface area contributed by atoms with E-state index in [2.05, 4.69) is 22.2 Å². The summed E-state index contributed by atoms with van der Waals surface area (Å²) in [5.74, 6) is -2.43. The average Bonchev–Trinajstić information content (AvgIpc) is 3.29. The summed E-state index contributed by atoms with van der Waals surface area (Å²) in [5.41, 5.74) is 8.11. The number of nitrogens with one attached hydrogen (secondary N) is 2. The lowest BCUT2D eigenvalue weighted by atomic mass is 10.0. The number of anilines is 1. The molecule has 1 fully saturated rings. The van der Waals surface area contributed by atoms with E-state index in [0.29, 0.717) is 0 Å². The van der Waals surface area contributed by atoms with Crippen molar-refractivity contribution in [1.82, 2.24) is 14.9 Å². The number of nitrogens with two attached hydrogens (primary N) is 1. The summed E-state index contributed by atoms with van der Waals surface area (Å²) in [6.07, 6.45) is -4.34. The molecule has 14 nitrogen and oxygen atoms in total. The van der Waals surface area contributed by atoms with E-state index in [1.54, 1.807) is 0 Å². The first-order chi connectivity index (χ1) is 21.0. The number of aliphatic hydroxyl groups excluding tert-OH is 2. The third kappa shape index (κ3) is 7.54. The predicted octanol–water partition coefficient (Wildman–Crippen LogP) is 0.794. The molecule has 2 amide bonds. The Labute approximate surface area is 251 Å². The zero-order valence-electron chi connectivity index (χ0n) is 23.7. The Hall–Kier alpha value is -4.89. The van der Waals surface area contributed by atoms with E-state index in [9.17, 15) is 34.5 Å². The lowest BCUT2D eigenvalue weighted by Gasteiger charge is -2.23. The number of aromatic nitrogens is 2. The van der Waals surface area contributed by atoms with E-state index in [1.165, 1.54) is 19.2 Å². The summed E-state index contributed by atoms with van der Waals surface area (Å²) in [6.45, 7) is 4.46. The minimum atomic E-state index is -1.63. The van der Waals surface area contributed by atoms with Crippen molar-refractivity contribution < 1.29 is 39.2 Å². The van der Waals surface area contributed by atoms with Crippen LogP contribution in [0.25, 0.3) is 11.1 Å². The van der Waals surface area contributed by atoms with Crippen LogP contribution in [-0.4, -0.2) is 79.8 Å². The zero-order chi connectivity index (χ0) is 32.0. The highest BCUT2D eigenvalue weighted by Gasteiger charge is 2.38. The van der Waals surface area contributed by atoms with Crippen LogP contribution in [0.15, 0.2) is 83.8 Å². The number of ether oxygens (including phenoxy) is 2. The van der Waals surface area contributed by atoms with Crippen molar-refractivity contribution >= 4 is 23.8 Å². The normalized spacial score (nSPS) is 19.9. The van der Waals surface area contributed by atoms with Crippen LogP contribution in [0.5, 0.6) is 0 Å². The number of carboxylic acid groups (broad SMARTS) is 1. The van der Waals surface area contributed by atoms with Gasteiger partial charge in [0.2, 0.25) is 5.91 Å². The molecule has 7 N–H and O–H groups in total. The van der Waals surface area contributed by atoms with E-state index in [1.807, 2.05) is 54.6 Å². The number of hydrogen-bond donors (Lipinski definition) is 6. The molecule has 0 aliphatic carbocycles. The van der Waals surface area contributed by atoms with Gasteiger partial charge in [-0.25, -0.2) is 14.4 Å². The van der Waals surface area contributed by atoms with Crippen LogP contribution in [0, 0.1) is 0 Å². The summed E-state index contributed by atoms with van der Waals surface area (Å²) in [5, 5.41) is 33.6. The van der Waals surface area contributed by atoms with Crippen LogP contribution in [0.3, 0.4) is 0 Å². The monoisotopic (exact) mass is 607 g/mol. The second-order valence-electron chi connectivity index (χ2n) is 10.2. The van der Waals surface area contributed by atoms with Gasteiger partial charge < -0.3 is 35.8 Å². The lowest BCUT2D eigenvalue weighted by Crippen LogP contribution is -2.54. The fourth-order valence-corrected chi connectivity index (χ4v) is 4.58. The number of aliphatic hydroxyl groups is 2. The van der Waals surface area contributed by atoms with Crippen LogP contribution >= 0.6 is 0 Å². The predicted molar refractivity (Wildman–Crippen MR) is 157 cm³/mol. The van der Waals surface area contributed by atoms with Gasteiger partial charge in [-0.05, 0) is 36.1 Å². The first-order valence-electron chi connectivity index (χ1n) is 13.6. The van der Waals surface area contributed by atoms with Crippen LogP contribution < -0.4 is 22.1 Å². The number of nitrogens with zero attached hydrogens (tertiary/aromatic N) is 2. The minimum Gasteiger partial charge on any atom is -0.480 e. The quantitative estimate of drug-likeness (QED) is 0.168. The second kappa shape index (κ2) is 14.1. The third-order valence-electron chi connectivity index (χ3n) is 7.03. The Morgan fingerprint density at radius 1 is 1.11 bits per heavy atom. The number of carbonyl (C=O) groups is 3. The van der Waals surface area contributed by atoms with Crippen molar-refractivity contribution in [1.29, 1.82) is 0 Å². The maximum absolute atomic E-state index is 12.7. The molecule has 2 aromatic carbocycles. The number of carboxylic acids is 1. The largest absolute Gasteiger partial charge is 0.480 e. The minimum absolute atomic E-state index is 0.138. The first-order valence-corrected chi connectivity index (χ1v) is 13.6. The topological polar surface area (TPSA) is 215 Å². The SMILES string of the molecule is C=C1[C@H](n2ccc(NC(=O)OC(C)[C@@H](NC(=O)[C@@H](N)Cc3ccc(-c4ccccc4)cc3)C(=O)O)nc2=O)O[C@H](CO)[C@H]1O. The highest BCUT2D eigenvalue weighted by Crippen LogP contribution is 2.31. The Morgan fingerprint density at radius 2 is 1.77 bits per heavy atom. The van der Waals surface area contributed by atoms with Gasteiger partial charge in [-0.1, -0.05) is 61.2 Å². The highest BCUT2D eigenvalue weighted by atomic mass is 16.6. The Morgan fingerprint density at radius 3 is 2.36 bits per heavy atom. The summed E-state index contributed by atoms with van der Waals surface area (Å²) < 4.78 is 11.6. The van der Waals surface area contributed by atoms with Gasteiger partial charge in [0.05, 0.1) is 12.6 Å². The second-order valence-corrected chi connectivity index (χ2v) is 10.2. The molecular formula is C30H33N5O9. The van der Waals surface area contributed by atoms with E-state index >= 15 is 0 Å². The molecule has 1 aliphatic heterocycles. The summed E-state index contributed by atoms with van der Waals surface area (Å²) in [7, 11) is 0. The lowest BCUT2D eigenvalue weighted by molar-refractivity contribution is -0.144. The van der Waals surface area contributed by atoms with Crippen molar-refractivity contribution in [3.8, 4) is 11.1 Å². The Balaban J connectivity index is 1.32. The molecule has 0 bridgehead atoms. The average molecular weight is 608 g/mol. The van der Waals surface area contributed by atoms with Crippen LogP contribution in [0.2, 0.25) is 0 Å². The standard InChI is InChI=1S/C30H33N5O9/c1-16-25(37)22(15-36)44-27(16)35-13-12-23(32-29(35)41)33-30(42)43-17(2)24(28(39)40)34-26(38)21(31)14-18-8-10-20(11-9-18)19-6-4-3-5-7-19/h3-13,17,21-22,24-25,27,36-37H,1,14-15,31H2,2H3,(H,34,38)(H,39,40)(H,32,33,41,42)/t17?,21-,22+,24+,25-,27+/m0/s1. The molecule has 1 aromatic heterocycles. The molecule has 0 radical (unpaired) electrons. The molecule has 1 unspecified atom stereocenters. The van der Waals surface area contributed by atoms with Gasteiger partial charge in [-0.15, -0.1) is 0 Å². The van der Waals surface area contributed by atoms with E-state index < -0.39 is 66.9 Å². The third-order valence-corrected chi connectivity index (χ3v) is 7.03. The van der Waals surface area contributed by atoms with Crippen molar-refractivity contribution in [3.63, 3.8) is 0 Å². The van der Waals surface area contributed by atoms with E-state index in [-0.39, 0.29) is 17.8 Å². The van der Waals surface area contributed by atoms with Crippen LogP contribution in [-0.2, 0) is 25.5 Å². The van der Waals surface area contributed by atoms with Gasteiger partial charge in [-0.3, -0.25) is 14.7 Å². The molecule has 232 valence electrons. The molecule has 2 heterocycles. The van der Waals surface area contributed by atoms with E-state index in [4.69, 9.17) is 15.2 Å². The van der Waals surface area contributed by atoms with Crippen LogP contribution in [0.1, 0.15) is 18.7 Å². The van der Waals surface area contributed by atoms with Gasteiger partial charge >= 0.3 is 17.8 Å². The van der Waals surface area contributed by atoms with Gasteiger partial charge in [0, 0.05) is 11.8 Å². The molecule has 1 aliphatic rings. The van der Waals surface area contributed by atoms with E-state index in [0.717, 1.165) is 21.3 Å². The van der Waals surface area contributed by atoms with Crippen molar-refractivity contribution in [2.75, 3.05) is 11.9 Å². The smallest absolute Gasteiger partial charge is 0.413 e. The highest BCUT2D eigenvalue weighted by molar-refractivity contribution is 5.88. The Kier molecular flexibility index (Phi) is 10.2. The molecular weight excluding hydrogens is 574 g/mol. The maximum atomic E-state index is 12.7. The first kappa shape index (κ1) is 32.0. The van der Waals surface area contributed by atoms with Crippen molar-refractivity contribution in [3.05, 3.63) is 95.1 Å². The maximum Gasteiger partial charge on any atom is 0.413 e. The summed E-state index contributed by atoms with van der Waals surface area (Å²) in [4.78, 5) is 53.3. The number of hydrogen-bond acceptors (Lipinski definition) is 10. The molecule has 14 heteroatoms. The van der Waals surface area contributed by atoms with Gasteiger partial charge in [-0.2, -0.15) is 4.98 Å². The molecule has 1 saturated heterocycles. The van der Waals surface area contributed by atoms with Crippen LogP contribution in [0.4, 0.5) is 10.6 Å². The zero-order valence-corrected chi connectivity index (χ0v) is 23.7. The van der Waals surface area contributed by atoms with Gasteiger partial charge in [0.15, 0.2) is 12.3 Å². The van der Waals surface area contributed by atoms with Crippen molar-refractivity contribution in [2.24, 2.45) is 5.73 Å². The van der Waals surface area contributed by atoms with Crippen molar-refractivity contribution in [2.45, 2.75) is 50.0 Å². The molecule has 44 heavy (non-hydrogen) atoms. The summed E-state index contributed by atoms with van der Waals surface area (Å²) >= 11 is 0. The number of benzene rings is 2. The molecule has 0 spiro atoms. The number of amides is 2. The number of carbonyl (C=O) groups excluding carboxylic acids is 2. The molecule has 6 atom stereocenters. The molecule has 0 saturated carbocycles. The number of aliphatic carboxylic acids is 1. The fraction of sp³-hybridized carbons (Fsp3) is 0.300. The molecule has 4 rings (SSSR count). The Bertz CT molecular complexity index is 1560. The summed E-state index contributed by atoms with van der Waals surface area (Å²) in [6, 6.07) is 15.7. The molecule has 3 aromatic rings.